The van der Waals surface area contributed by atoms with Gasteiger partial charge in [0, 0.05) is 23.8 Å². The highest BCUT2D eigenvalue weighted by molar-refractivity contribution is 6.06. The van der Waals surface area contributed by atoms with Gasteiger partial charge in [-0.05, 0) is 31.4 Å². The topological polar surface area (TPSA) is 155 Å². The molecule has 1 aromatic carbocycles. The minimum atomic E-state index is -0.367. The van der Waals surface area contributed by atoms with Crippen molar-refractivity contribution in [1.82, 2.24) is 20.2 Å². The molecule has 0 saturated heterocycles. The summed E-state index contributed by atoms with van der Waals surface area (Å²) >= 11 is 0. The number of carbonyl (C=O) groups excluding carboxylic acids is 1. The van der Waals surface area contributed by atoms with E-state index in [9.17, 15) is 4.79 Å². The Kier molecular flexibility index (Phi) is 5.96. The molecule has 5 N–H and O–H groups in total. The lowest BCUT2D eigenvalue weighted by atomic mass is 10.2. The highest BCUT2D eigenvalue weighted by Gasteiger charge is 2.24. The van der Waals surface area contributed by atoms with Crippen molar-refractivity contribution in [3.8, 4) is 6.07 Å². The van der Waals surface area contributed by atoms with E-state index >= 15 is 0 Å². The third kappa shape index (κ3) is 5.09. The average molecular weight is 415 g/mol. The zero-order chi connectivity index (χ0) is 21.6. The molecule has 0 spiro atoms. The molecule has 2 unspecified atom stereocenters. The van der Waals surface area contributed by atoms with Gasteiger partial charge in [-0.1, -0.05) is 18.2 Å². The maximum atomic E-state index is 12.9. The predicted octanol–water partition coefficient (Wildman–Crippen LogP) is 2.43. The van der Waals surface area contributed by atoms with Crippen molar-refractivity contribution in [2.75, 3.05) is 16.0 Å². The smallest absolute Gasteiger partial charge is 0.278 e. The number of nitrogens with zero attached hydrogens (tertiary/aromatic N) is 5. The minimum Gasteiger partial charge on any atom is -0.380 e. The van der Waals surface area contributed by atoms with Gasteiger partial charge in [0.05, 0.1) is 18.1 Å². The maximum Gasteiger partial charge on any atom is 0.278 e. The van der Waals surface area contributed by atoms with Gasteiger partial charge in [-0.3, -0.25) is 4.79 Å². The Morgan fingerprint density at radius 3 is 2.61 bits per heavy atom. The molecule has 156 valence electrons. The van der Waals surface area contributed by atoms with E-state index in [0.29, 0.717) is 23.0 Å². The first-order valence-corrected chi connectivity index (χ1v) is 9.86. The van der Waals surface area contributed by atoms with Crippen LogP contribution in [-0.2, 0) is 0 Å². The van der Waals surface area contributed by atoms with Crippen LogP contribution in [0.1, 0.15) is 35.4 Å². The van der Waals surface area contributed by atoms with E-state index in [2.05, 4.69) is 36.1 Å². The van der Waals surface area contributed by atoms with Crippen molar-refractivity contribution in [2.45, 2.75) is 31.3 Å². The molecule has 4 rings (SSSR count). The van der Waals surface area contributed by atoms with Crippen LogP contribution in [-0.4, -0.2) is 38.2 Å². The summed E-state index contributed by atoms with van der Waals surface area (Å²) in [5.41, 5.74) is 7.64. The zero-order valence-electron chi connectivity index (χ0n) is 16.6. The van der Waals surface area contributed by atoms with Crippen molar-refractivity contribution in [3.05, 3.63) is 60.2 Å². The molecule has 1 aliphatic carbocycles. The highest BCUT2D eigenvalue weighted by Crippen LogP contribution is 2.26. The Balaban J connectivity index is 1.58. The quantitative estimate of drug-likeness (QED) is 0.475. The number of aromatic nitrogens is 4. The summed E-state index contributed by atoms with van der Waals surface area (Å²) in [6.07, 6.45) is 5.43. The third-order valence-corrected chi connectivity index (χ3v) is 4.90. The first-order valence-electron chi connectivity index (χ1n) is 9.86. The van der Waals surface area contributed by atoms with Crippen molar-refractivity contribution in [3.63, 3.8) is 0 Å². The lowest BCUT2D eigenvalue weighted by Gasteiger charge is -2.17. The van der Waals surface area contributed by atoms with E-state index in [0.717, 1.165) is 19.3 Å². The number of nitrogens with one attached hydrogen (secondary N) is 3. The van der Waals surface area contributed by atoms with E-state index in [1.165, 1.54) is 12.4 Å². The van der Waals surface area contributed by atoms with Gasteiger partial charge in [-0.2, -0.15) is 5.26 Å². The van der Waals surface area contributed by atoms with Gasteiger partial charge in [0.1, 0.15) is 11.9 Å². The molecule has 1 amide bonds. The summed E-state index contributed by atoms with van der Waals surface area (Å²) in [5.74, 6) is 0.428. The van der Waals surface area contributed by atoms with Crippen LogP contribution >= 0.6 is 0 Å². The van der Waals surface area contributed by atoms with Crippen LogP contribution in [0.3, 0.4) is 0 Å². The molecule has 2 atom stereocenters. The van der Waals surface area contributed by atoms with Crippen molar-refractivity contribution in [1.29, 1.82) is 5.26 Å². The first kappa shape index (κ1) is 20.2. The number of hydrogen-bond acceptors (Lipinski definition) is 9. The van der Waals surface area contributed by atoms with Crippen LogP contribution in [0, 0.1) is 11.3 Å². The van der Waals surface area contributed by atoms with Crippen LogP contribution in [0.2, 0.25) is 0 Å². The fourth-order valence-electron chi connectivity index (χ4n) is 3.39. The van der Waals surface area contributed by atoms with Gasteiger partial charge in [-0.25, -0.2) is 9.97 Å². The number of carbonyl (C=O) groups is 1. The molecule has 0 radical (unpaired) electrons. The summed E-state index contributed by atoms with van der Waals surface area (Å²) in [4.78, 5) is 21.0. The number of nitriles is 1. The Hall–Kier alpha value is -4.10. The fourth-order valence-corrected chi connectivity index (χ4v) is 3.39. The Morgan fingerprint density at radius 1 is 1.10 bits per heavy atom. The van der Waals surface area contributed by atoms with E-state index < -0.39 is 0 Å². The molecule has 0 aliphatic heterocycles. The van der Waals surface area contributed by atoms with Gasteiger partial charge in [0.2, 0.25) is 0 Å². The van der Waals surface area contributed by atoms with E-state index in [1.54, 1.807) is 18.2 Å². The summed E-state index contributed by atoms with van der Waals surface area (Å²) < 4.78 is 0. The lowest BCUT2D eigenvalue weighted by Crippen LogP contribution is -2.24. The molecular weight excluding hydrogens is 394 g/mol. The van der Waals surface area contributed by atoms with Gasteiger partial charge in [0.25, 0.3) is 5.91 Å². The standard InChI is InChI=1S/C21H21N9O/c22-10-16-11-25-19(12-24-16)28-18-9-17(26-15-7-6-13(23)8-15)20(30-29-18)21(31)27-14-4-2-1-3-5-14/h1-5,9,11-13,15H,6-8,23H2,(H,27,31)(H2,25,26,28,29). The Labute approximate surface area is 178 Å². The third-order valence-electron chi connectivity index (χ3n) is 4.90. The molecule has 10 heteroatoms. The van der Waals surface area contributed by atoms with Crippen LogP contribution in [0.15, 0.2) is 48.8 Å². The van der Waals surface area contributed by atoms with Gasteiger partial charge in [-0.15, -0.1) is 10.2 Å². The highest BCUT2D eigenvalue weighted by atomic mass is 16.2. The molecule has 10 nitrogen and oxygen atoms in total. The summed E-state index contributed by atoms with van der Waals surface area (Å²) in [6, 6.07) is 13.1. The second kappa shape index (κ2) is 9.15. The summed E-state index contributed by atoms with van der Waals surface area (Å²) in [6.45, 7) is 0. The van der Waals surface area contributed by atoms with Gasteiger partial charge < -0.3 is 21.7 Å². The van der Waals surface area contributed by atoms with Crippen molar-refractivity contribution in [2.24, 2.45) is 5.73 Å². The minimum absolute atomic E-state index is 0.139. The number of anilines is 4. The number of amides is 1. The second-order valence-corrected chi connectivity index (χ2v) is 7.25. The van der Waals surface area contributed by atoms with Crippen LogP contribution in [0.25, 0.3) is 0 Å². The number of rotatable bonds is 6. The van der Waals surface area contributed by atoms with Gasteiger partial charge in [0.15, 0.2) is 17.2 Å². The number of hydrogen-bond donors (Lipinski definition) is 4. The van der Waals surface area contributed by atoms with E-state index in [4.69, 9.17) is 11.0 Å². The predicted molar refractivity (Wildman–Crippen MR) is 116 cm³/mol. The molecule has 2 aromatic heterocycles. The maximum absolute atomic E-state index is 12.9. The molecular formula is C21H21N9O. The zero-order valence-corrected chi connectivity index (χ0v) is 16.6. The molecule has 1 fully saturated rings. The monoisotopic (exact) mass is 415 g/mol. The van der Waals surface area contributed by atoms with E-state index in [-0.39, 0.29) is 29.4 Å². The largest absolute Gasteiger partial charge is 0.380 e. The van der Waals surface area contributed by atoms with Crippen LogP contribution in [0.5, 0.6) is 0 Å². The molecule has 1 aliphatic rings. The molecule has 1 saturated carbocycles. The molecule has 3 aromatic rings. The second-order valence-electron chi connectivity index (χ2n) is 7.25. The summed E-state index contributed by atoms with van der Waals surface area (Å²) in [7, 11) is 0. The van der Waals surface area contributed by atoms with Crippen molar-refractivity contribution < 1.29 is 4.79 Å². The number of nitrogens with two attached hydrogens (primary N) is 1. The van der Waals surface area contributed by atoms with Crippen LogP contribution in [0.4, 0.5) is 23.0 Å². The Morgan fingerprint density at radius 2 is 1.94 bits per heavy atom. The lowest BCUT2D eigenvalue weighted by molar-refractivity contribution is 0.102. The molecule has 31 heavy (non-hydrogen) atoms. The van der Waals surface area contributed by atoms with E-state index in [1.807, 2.05) is 24.3 Å². The number of benzene rings is 1. The SMILES string of the molecule is N#Cc1cnc(Nc2cc(NC3CCC(N)C3)c(C(=O)Nc3ccccc3)nn2)cn1. The first-order chi connectivity index (χ1) is 15.1. The fraction of sp³-hybridized carbons (Fsp3) is 0.238. The summed E-state index contributed by atoms with van der Waals surface area (Å²) in [5, 5.41) is 26.3. The Bertz CT molecular complexity index is 1100. The number of para-hydroxylation sites is 1. The normalized spacial score (nSPS) is 17.5. The van der Waals surface area contributed by atoms with Crippen molar-refractivity contribution >= 4 is 28.9 Å². The average Bonchev–Trinajstić information content (AvgIpc) is 3.19. The molecule has 0 bridgehead atoms. The molecule has 2 heterocycles. The van der Waals surface area contributed by atoms with Gasteiger partial charge >= 0.3 is 0 Å². The van der Waals surface area contributed by atoms with Crippen LogP contribution < -0.4 is 21.7 Å².